The van der Waals surface area contributed by atoms with Crippen molar-refractivity contribution in [3.63, 3.8) is 0 Å². The highest BCUT2D eigenvalue weighted by atomic mass is 16.6. The molecule has 0 N–H and O–H groups in total. The van der Waals surface area contributed by atoms with Crippen LogP contribution in [0.3, 0.4) is 0 Å². The van der Waals surface area contributed by atoms with E-state index in [9.17, 15) is 14.4 Å². The lowest BCUT2D eigenvalue weighted by atomic mass is 10.1. The Morgan fingerprint density at radius 3 is 1.05 bits per heavy atom. The van der Waals surface area contributed by atoms with E-state index >= 15 is 0 Å². The Hall–Kier alpha value is -3.41. The van der Waals surface area contributed by atoms with Crippen molar-refractivity contribution in [1.29, 1.82) is 0 Å². The number of unbranched alkanes of at least 4 members (excludes halogenated alkanes) is 16. The van der Waals surface area contributed by atoms with Crippen LogP contribution in [0.5, 0.6) is 0 Å². The Bertz CT molecular complexity index is 1160. The van der Waals surface area contributed by atoms with E-state index in [1.165, 1.54) is 51.4 Å². The molecule has 0 aromatic heterocycles. The lowest BCUT2D eigenvalue weighted by Gasteiger charge is -2.18. The molecular weight excluding hydrogens is 721 g/mol. The van der Waals surface area contributed by atoms with E-state index in [2.05, 4.69) is 106 Å². The summed E-state index contributed by atoms with van der Waals surface area (Å²) in [7, 11) is 0. The van der Waals surface area contributed by atoms with Crippen molar-refractivity contribution in [1.82, 2.24) is 0 Å². The molecule has 0 bridgehead atoms. The maximum atomic E-state index is 12.5. The highest BCUT2D eigenvalue weighted by molar-refractivity contribution is 5.71. The second kappa shape index (κ2) is 46.3. The van der Waals surface area contributed by atoms with Crippen molar-refractivity contribution < 1.29 is 28.6 Å². The summed E-state index contributed by atoms with van der Waals surface area (Å²) >= 11 is 0. The highest BCUT2D eigenvalue weighted by Crippen LogP contribution is 2.13. The van der Waals surface area contributed by atoms with Crippen LogP contribution < -0.4 is 0 Å². The molecule has 0 spiro atoms. The molecular formula is C52H86O6. The van der Waals surface area contributed by atoms with Crippen LogP contribution in [-0.4, -0.2) is 37.2 Å². The standard InChI is InChI=1S/C52H86O6/c1-4-7-10-13-15-16-17-18-19-20-21-22-23-24-25-26-27-28-29-30-31-32-33-34-35-36-37-40-42-45-51(54)57-48-49(47-56-50(53)44-41-38-12-9-6-3)58-52(55)46-43-39-14-11-8-5-2/h7,10,15-16,18-19,21-22,24-25,27-28,30-31,49H,4-6,8-9,11-14,17,20,23,26,29,32-48H2,1-3H3/b10-7-,16-15-,19-18-,22-21-,25-24-,28-27-,31-30-. The zero-order valence-electron chi connectivity index (χ0n) is 37.5. The molecule has 0 aliphatic rings. The molecule has 0 aromatic carbocycles. The van der Waals surface area contributed by atoms with Crippen molar-refractivity contribution >= 4 is 17.9 Å². The maximum Gasteiger partial charge on any atom is 0.306 e. The molecule has 0 rings (SSSR count). The van der Waals surface area contributed by atoms with Gasteiger partial charge in [0.25, 0.3) is 0 Å². The molecule has 6 nitrogen and oxygen atoms in total. The number of allylic oxidation sites excluding steroid dienone is 14. The summed E-state index contributed by atoms with van der Waals surface area (Å²) in [6, 6.07) is 0. The van der Waals surface area contributed by atoms with E-state index in [1.807, 2.05) is 0 Å². The molecule has 0 saturated heterocycles. The van der Waals surface area contributed by atoms with Gasteiger partial charge in [0.15, 0.2) is 6.10 Å². The molecule has 0 fully saturated rings. The van der Waals surface area contributed by atoms with Gasteiger partial charge in [-0.3, -0.25) is 14.4 Å². The van der Waals surface area contributed by atoms with Crippen LogP contribution in [0.4, 0.5) is 0 Å². The number of carbonyl (C=O) groups is 3. The first-order chi connectivity index (χ1) is 28.5. The third kappa shape index (κ3) is 43.7. The van der Waals surface area contributed by atoms with Crippen LogP contribution in [0, 0.1) is 0 Å². The first-order valence-electron chi connectivity index (χ1n) is 23.6. The Morgan fingerprint density at radius 2 is 0.672 bits per heavy atom. The van der Waals surface area contributed by atoms with E-state index in [-0.39, 0.29) is 31.1 Å². The summed E-state index contributed by atoms with van der Waals surface area (Å²) < 4.78 is 16.5. The quantitative estimate of drug-likeness (QED) is 0.0265. The zero-order valence-corrected chi connectivity index (χ0v) is 37.5. The minimum absolute atomic E-state index is 0.0808. The Labute approximate surface area is 356 Å². The van der Waals surface area contributed by atoms with Gasteiger partial charge in [-0.2, -0.15) is 0 Å². The van der Waals surface area contributed by atoms with Crippen LogP contribution >= 0.6 is 0 Å². The summed E-state index contributed by atoms with van der Waals surface area (Å²) in [6.07, 6.45) is 59.2. The topological polar surface area (TPSA) is 78.9 Å². The number of ether oxygens (including phenoxy) is 3. The van der Waals surface area contributed by atoms with Crippen LogP contribution in [0.15, 0.2) is 85.1 Å². The Morgan fingerprint density at radius 1 is 0.362 bits per heavy atom. The van der Waals surface area contributed by atoms with Gasteiger partial charge in [-0.05, 0) is 77.0 Å². The number of hydrogen-bond donors (Lipinski definition) is 0. The van der Waals surface area contributed by atoms with Crippen molar-refractivity contribution in [2.75, 3.05) is 13.2 Å². The third-order valence-corrected chi connectivity index (χ3v) is 9.66. The van der Waals surface area contributed by atoms with E-state index < -0.39 is 6.10 Å². The fraction of sp³-hybridized carbons (Fsp3) is 0.673. The van der Waals surface area contributed by atoms with Gasteiger partial charge in [-0.15, -0.1) is 0 Å². The summed E-state index contributed by atoms with van der Waals surface area (Å²) in [5.74, 6) is -0.924. The van der Waals surface area contributed by atoms with E-state index in [1.54, 1.807) is 0 Å². The number of carbonyl (C=O) groups excluding carboxylic acids is 3. The van der Waals surface area contributed by atoms with Gasteiger partial charge in [0.05, 0.1) is 0 Å². The van der Waals surface area contributed by atoms with Crippen molar-refractivity contribution in [3.8, 4) is 0 Å². The van der Waals surface area contributed by atoms with Crippen LogP contribution in [0.2, 0.25) is 0 Å². The lowest BCUT2D eigenvalue weighted by molar-refractivity contribution is -0.167. The Balaban J connectivity index is 4.00. The third-order valence-electron chi connectivity index (χ3n) is 9.66. The summed E-state index contributed by atoms with van der Waals surface area (Å²) in [5, 5.41) is 0. The van der Waals surface area contributed by atoms with Crippen molar-refractivity contribution in [2.45, 2.75) is 213 Å². The first kappa shape index (κ1) is 54.6. The van der Waals surface area contributed by atoms with Crippen LogP contribution in [0.25, 0.3) is 0 Å². The van der Waals surface area contributed by atoms with Gasteiger partial charge in [0.2, 0.25) is 0 Å². The molecule has 0 aliphatic heterocycles. The van der Waals surface area contributed by atoms with Gasteiger partial charge in [-0.1, -0.05) is 196 Å². The molecule has 0 aromatic rings. The van der Waals surface area contributed by atoms with Gasteiger partial charge in [0.1, 0.15) is 13.2 Å². The summed E-state index contributed by atoms with van der Waals surface area (Å²) in [4.78, 5) is 37.2. The minimum Gasteiger partial charge on any atom is -0.462 e. The van der Waals surface area contributed by atoms with E-state index in [0.29, 0.717) is 19.3 Å². The average molecular weight is 807 g/mol. The first-order valence-corrected chi connectivity index (χ1v) is 23.6. The van der Waals surface area contributed by atoms with Gasteiger partial charge < -0.3 is 14.2 Å². The van der Waals surface area contributed by atoms with Crippen LogP contribution in [-0.2, 0) is 28.6 Å². The van der Waals surface area contributed by atoms with Gasteiger partial charge in [0, 0.05) is 19.3 Å². The molecule has 0 aliphatic carbocycles. The molecule has 1 atom stereocenters. The Kier molecular flexibility index (Phi) is 43.6. The second-order valence-electron chi connectivity index (χ2n) is 15.3. The molecule has 0 heterocycles. The molecule has 0 radical (unpaired) electrons. The van der Waals surface area contributed by atoms with Crippen LogP contribution in [0.1, 0.15) is 207 Å². The summed E-state index contributed by atoms with van der Waals surface area (Å²) in [5.41, 5.74) is 0. The number of hydrogen-bond acceptors (Lipinski definition) is 6. The maximum absolute atomic E-state index is 12.5. The van der Waals surface area contributed by atoms with Crippen molar-refractivity contribution in [3.05, 3.63) is 85.1 Å². The molecule has 330 valence electrons. The minimum atomic E-state index is -0.771. The fourth-order valence-electron chi connectivity index (χ4n) is 6.13. The number of esters is 3. The molecule has 1 unspecified atom stereocenters. The SMILES string of the molecule is CC/C=C\C/C=C\C/C=C\C/C=C\C/C=C\C/C=C\C/C=C\CCCCCCCCCC(=O)OCC(COC(=O)CCCCCCC)OC(=O)CCCCCCCC. The van der Waals surface area contributed by atoms with E-state index in [0.717, 1.165) is 116 Å². The molecule has 58 heavy (non-hydrogen) atoms. The van der Waals surface area contributed by atoms with Gasteiger partial charge >= 0.3 is 17.9 Å². The average Bonchev–Trinajstić information content (AvgIpc) is 3.22. The fourth-order valence-corrected chi connectivity index (χ4v) is 6.13. The van der Waals surface area contributed by atoms with Gasteiger partial charge in [-0.25, -0.2) is 0 Å². The summed E-state index contributed by atoms with van der Waals surface area (Å²) in [6.45, 7) is 6.34. The normalized spacial score (nSPS) is 12.8. The second-order valence-corrected chi connectivity index (χ2v) is 15.3. The predicted octanol–water partition coefficient (Wildman–Crippen LogP) is 15.3. The molecule has 0 saturated carbocycles. The van der Waals surface area contributed by atoms with E-state index in [4.69, 9.17) is 14.2 Å². The molecule has 0 amide bonds. The molecule has 6 heteroatoms. The van der Waals surface area contributed by atoms with Crippen molar-refractivity contribution in [2.24, 2.45) is 0 Å². The highest BCUT2D eigenvalue weighted by Gasteiger charge is 2.19. The smallest absolute Gasteiger partial charge is 0.306 e. The predicted molar refractivity (Wildman–Crippen MR) is 247 cm³/mol. The lowest BCUT2D eigenvalue weighted by Crippen LogP contribution is -2.30. The monoisotopic (exact) mass is 807 g/mol. The largest absolute Gasteiger partial charge is 0.462 e. The zero-order chi connectivity index (χ0) is 42.3. The number of rotatable bonds is 41.